The molecule has 1 N–H and O–H groups in total. The summed E-state index contributed by atoms with van der Waals surface area (Å²) in [6, 6.07) is 19.5. The van der Waals surface area contributed by atoms with E-state index in [4.69, 9.17) is 4.74 Å². The summed E-state index contributed by atoms with van der Waals surface area (Å²) in [5, 5.41) is 14.3. The Morgan fingerprint density at radius 2 is 1.97 bits per heavy atom. The van der Waals surface area contributed by atoms with Gasteiger partial charge in [0.05, 0.1) is 18.3 Å². The van der Waals surface area contributed by atoms with Gasteiger partial charge in [0.15, 0.2) is 0 Å². The predicted octanol–water partition coefficient (Wildman–Crippen LogP) is 3.52. The fourth-order valence-corrected chi connectivity index (χ4v) is 3.12. The molecular weight excluding hydrogens is 366 g/mol. The molecule has 4 aromatic rings. The fraction of sp³-hybridized carbons (Fsp3) is 0.182. The number of benzene rings is 3. The van der Waals surface area contributed by atoms with E-state index in [1.54, 1.807) is 10.9 Å². The maximum absolute atomic E-state index is 12.3. The highest BCUT2D eigenvalue weighted by molar-refractivity contribution is 6.02. The Bertz CT molecular complexity index is 1180. The molecule has 0 fully saturated rings. The van der Waals surface area contributed by atoms with Gasteiger partial charge in [0, 0.05) is 5.56 Å². The van der Waals surface area contributed by atoms with Crippen molar-refractivity contribution >= 4 is 33.9 Å². The summed E-state index contributed by atoms with van der Waals surface area (Å²) in [7, 11) is 0. The van der Waals surface area contributed by atoms with E-state index >= 15 is 0 Å². The molecule has 0 saturated carbocycles. The molecule has 4 rings (SSSR count). The molecule has 7 heteroatoms. The third kappa shape index (κ3) is 4.08. The molecule has 0 bridgehead atoms. The number of aromatic nitrogens is 3. The van der Waals surface area contributed by atoms with E-state index in [1.807, 2.05) is 60.7 Å². The van der Waals surface area contributed by atoms with Gasteiger partial charge in [-0.2, -0.15) is 5.10 Å². The van der Waals surface area contributed by atoms with Crippen LogP contribution < -0.4 is 10.2 Å². The number of fused-ring (bicyclic) bond motifs is 2. The summed E-state index contributed by atoms with van der Waals surface area (Å²) in [6.45, 7) is 2.71. The molecule has 0 aliphatic rings. The summed E-state index contributed by atoms with van der Waals surface area (Å²) in [5.74, 6) is 0.457. The molecule has 0 saturated heterocycles. The van der Waals surface area contributed by atoms with Crippen molar-refractivity contribution in [1.82, 2.24) is 20.4 Å². The molecule has 1 heterocycles. The van der Waals surface area contributed by atoms with Crippen LogP contribution in [0.3, 0.4) is 0 Å². The highest BCUT2D eigenvalue weighted by Gasteiger charge is 2.09. The lowest BCUT2D eigenvalue weighted by molar-refractivity contribution is -0.121. The summed E-state index contributed by atoms with van der Waals surface area (Å²) in [5.41, 5.74) is 4.95. The Morgan fingerprint density at radius 1 is 1.14 bits per heavy atom. The summed E-state index contributed by atoms with van der Waals surface area (Å²) < 4.78 is 7.41. The third-order valence-corrected chi connectivity index (χ3v) is 4.49. The van der Waals surface area contributed by atoms with Crippen molar-refractivity contribution in [2.75, 3.05) is 6.61 Å². The van der Waals surface area contributed by atoms with Crippen LogP contribution in [0.2, 0.25) is 0 Å². The van der Waals surface area contributed by atoms with Crippen LogP contribution in [0.25, 0.3) is 21.8 Å². The van der Waals surface area contributed by atoms with E-state index in [9.17, 15) is 4.79 Å². The van der Waals surface area contributed by atoms with E-state index < -0.39 is 0 Å². The number of carbonyl (C=O) groups excluding carboxylic acids is 1. The minimum atomic E-state index is -0.284. The Hall–Kier alpha value is -3.74. The van der Waals surface area contributed by atoms with Crippen LogP contribution in [-0.2, 0) is 11.3 Å². The average Bonchev–Trinajstić information content (AvgIpc) is 3.15. The topological polar surface area (TPSA) is 81.4 Å². The lowest BCUT2D eigenvalue weighted by atomic mass is 10.0. The molecule has 146 valence electrons. The van der Waals surface area contributed by atoms with Gasteiger partial charge >= 0.3 is 0 Å². The molecule has 0 atom stereocenters. The Labute approximate surface area is 168 Å². The smallest absolute Gasteiger partial charge is 0.261 e. The number of rotatable bonds is 7. The number of hydrogen-bond acceptors (Lipinski definition) is 5. The van der Waals surface area contributed by atoms with E-state index in [1.165, 1.54) is 0 Å². The Kier molecular flexibility index (Phi) is 5.47. The van der Waals surface area contributed by atoms with Gasteiger partial charge in [0.25, 0.3) is 5.91 Å². The van der Waals surface area contributed by atoms with Gasteiger partial charge in [0.2, 0.25) is 0 Å². The standard InChI is InChI=1S/C22H21N5O2/c1-2-13-29-21-12-11-16-7-3-4-8-17(16)18(21)14-23-25-22(28)15-27-20-10-6-5-9-19(20)24-26-27/h3-12,14H,2,13,15H2,1H3,(H,25,28)/b23-14-. The van der Waals surface area contributed by atoms with Crippen molar-refractivity contribution in [2.45, 2.75) is 19.9 Å². The zero-order valence-corrected chi connectivity index (χ0v) is 16.1. The lowest BCUT2D eigenvalue weighted by Crippen LogP contribution is -2.23. The summed E-state index contributed by atoms with van der Waals surface area (Å²) >= 11 is 0. The molecule has 0 aliphatic carbocycles. The van der Waals surface area contributed by atoms with Crippen LogP contribution in [0.5, 0.6) is 5.75 Å². The van der Waals surface area contributed by atoms with Crippen molar-refractivity contribution in [2.24, 2.45) is 5.10 Å². The maximum atomic E-state index is 12.3. The first-order chi connectivity index (χ1) is 14.3. The highest BCUT2D eigenvalue weighted by Crippen LogP contribution is 2.26. The molecule has 0 unspecified atom stereocenters. The van der Waals surface area contributed by atoms with Gasteiger partial charge in [-0.05, 0) is 35.4 Å². The van der Waals surface area contributed by atoms with Crippen LogP contribution >= 0.6 is 0 Å². The van der Waals surface area contributed by atoms with Crippen LogP contribution in [0.1, 0.15) is 18.9 Å². The molecule has 29 heavy (non-hydrogen) atoms. The number of carbonyl (C=O) groups is 1. The number of amides is 1. The van der Waals surface area contributed by atoms with Crippen molar-refractivity contribution < 1.29 is 9.53 Å². The highest BCUT2D eigenvalue weighted by atomic mass is 16.5. The average molecular weight is 387 g/mol. The Balaban J connectivity index is 1.52. The number of hydrazone groups is 1. The first kappa shape index (κ1) is 18.6. The minimum Gasteiger partial charge on any atom is -0.493 e. The lowest BCUT2D eigenvalue weighted by Gasteiger charge is -2.11. The first-order valence-electron chi connectivity index (χ1n) is 9.51. The second-order valence-corrected chi connectivity index (χ2v) is 6.58. The van der Waals surface area contributed by atoms with E-state index in [0.717, 1.165) is 39.5 Å². The predicted molar refractivity (Wildman–Crippen MR) is 113 cm³/mol. The molecule has 1 aromatic heterocycles. The number of hydrogen-bond donors (Lipinski definition) is 1. The van der Waals surface area contributed by atoms with Crippen LogP contribution in [0, 0.1) is 0 Å². The molecule has 0 spiro atoms. The zero-order chi connectivity index (χ0) is 20.1. The summed E-state index contributed by atoms with van der Waals surface area (Å²) in [6.07, 6.45) is 2.54. The number of para-hydroxylation sites is 1. The zero-order valence-electron chi connectivity index (χ0n) is 16.1. The van der Waals surface area contributed by atoms with Crippen molar-refractivity contribution in [3.05, 3.63) is 66.2 Å². The molecule has 0 radical (unpaired) electrons. The van der Waals surface area contributed by atoms with E-state index in [0.29, 0.717) is 6.61 Å². The van der Waals surface area contributed by atoms with Gasteiger partial charge in [-0.1, -0.05) is 54.6 Å². The number of nitrogens with zero attached hydrogens (tertiary/aromatic N) is 4. The quantitative estimate of drug-likeness (QED) is 0.389. The van der Waals surface area contributed by atoms with E-state index in [-0.39, 0.29) is 12.5 Å². The van der Waals surface area contributed by atoms with Crippen molar-refractivity contribution in [1.29, 1.82) is 0 Å². The molecule has 3 aromatic carbocycles. The second-order valence-electron chi connectivity index (χ2n) is 6.58. The van der Waals surface area contributed by atoms with Crippen LogP contribution in [0.4, 0.5) is 0 Å². The van der Waals surface area contributed by atoms with Gasteiger partial charge in [0.1, 0.15) is 17.8 Å². The molecular formula is C22H21N5O2. The first-order valence-corrected chi connectivity index (χ1v) is 9.51. The third-order valence-electron chi connectivity index (χ3n) is 4.49. The van der Waals surface area contributed by atoms with Gasteiger partial charge < -0.3 is 4.74 Å². The normalized spacial score (nSPS) is 11.3. The SMILES string of the molecule is CCCOc1ccc2ccccc2c1/C=N\NC(=O)Cn1nnc2ccccc21. The van der Waals surface area contributed by atoms with Crippen LogP contribution in [-0.4, -0.2) is 33.7 Å². The maximum Gasteiger partial charge on any atom is 0.261 e. The monoisotopic (exact) mass is 387 g/mol. The molecule has 7 nitrogen and oxygen atoms in total. The second kappa shape index (κ2) is 8.52. The van der Waals surface area contributed by atoms with E-state index in [2.05, 4.69) is 27.8 Å². The van der Waals surface area contributed by atoms with Gasteiger partial charge in [-0.25, -0.2) is 10.1 Å². The molecule has 0 aliphatic heterocycles. The number of nitrogens with one attached hydrogen (secondary N) is 1. The van der Waals surface area contributed by atoms with Gasteiger partial charge in [-0.15, -0.1) is 5.10 Å². The minimum absolute atomic E-state index is 0.0343. The molecule has 1 amide bonds. The Morgan fingerprint density at radius 3 is 2.86 bits per heavy atom. The van der Waals surface area contributed by atoms with Crippen LogP contribution in [0.15, 0.2) is 65.8 Å². The fourth-order valence-electron chi connectivity index (χ4n) is 3.12. The summed E-state index contributed by atoms with van der Waals surface area (Å²) in [4.78, 5) is 12.3. The largest absolute Gasteiger partial charge is 0.493 e. The van der Waals surface area contributed by atoms with Crippen molar-refractivity contribution in [3.8, 4) is 5.75 Å². The van der Waals surface area contributed by atoms with Crippen molar-refractivity contribution in [3.63, 3.8) is 0 Å². The number of ether oxygens (including phenoxy) is 1. The van der Waals surface area contributed by atoms with Gasteiger partial charge in [-0.3, -0.25) is 4.79 Å².